The highest BCUT2D eigenvalue weighted by Gasteiger charge is 2.26. The van der Waals surface area contributed by atoms with Crippen LogP contribution >= 0.6 is 0 Å². The SMILES string of the molecule is CCN(Cc1ccncc1)C(=O)Nc1ccccc1CCc1cc(C(C)(C)C)c(O)c(C(C)(C)C)c1. The quantitative estimate of drug-likeness (QED) is 0.370. The van der Waals surface area contributed by atoms with E-state index in [2.05, 4.69) is 70.0 Å². The van der Waals surface area contributed by atoms with Gasteiger partial charge >= 0.3 is 6.03 Å². The smallest absolute Gasteiger partial charge is 0.322 e. The fourth-order valence-electron chi connectivity index (χ4n) is 4.35. The summed E-state index contributed by atoms with van der Waals surface area (Å²) in [5.74, 6) is 0.403. The maximum atomic E-state index is 13.1. The number of carbonyl (C=O) groups excluding carboxylic acids is 1. The van der Waals surface area contributed by atoms with E-state index in [1.807, 2.05) is 37.3 Å². The van der Waals surface area contributed by atoms with Gasteiger partial charge in [0.25, 0.3) is 0 Å². The van der Waals surface area contributed by atoms with Crippen LogP contribution in [-0.4, -0.2) is 27.6 Å². The zero-order valence-electron chi connectivity index (χ0n) is 22.9. The van der Waals surface area contributed by atoms with Crippen LogP contribution in [-0.2, 0) is 30.2 Å². The third-order valence-corrected chi connectivity index (χ3v) is 6.52. The van der Waals surface area contributed by atoms with Gasteiger partial charge in [-0.05, 0) is 76.6 Å². The molecule has 0 fully saturated rings. The third-order valence-electron chi connectivity index (χ3n) is 6.52. The molecule has 5 heteroatoms. The number of aromatic nitrogens is 1. The number of rotatable bonds is 7. The summed E-state index contributed by atoms with van der Waals surface area (Å²) in [5, 5.41) is 14.2. The number of anilines is 1. The number of hydrogen-bond acceptors (Lipinski definition) is 3. The lowest BCUT2D eigenvalue weighted by atomic mass is 9.78. The van der Waals surface area contributed by atoms with E-state index in [-0.39, 0.29) is 16.9 Å². The predicted octanol–water partition coefficient (Wildman–Crippen LogP) is 7.22. The zero-order valence-corrected chi connectivity index (χ0v) is 22.9. The van der Waals surface area contributed by atoms with Crippen molar-refractivity contribution in [3.8, 4) is 5.75 Å². The number of aromatic hydroxyl groups is 1. The van der Waals surface area contributed by atoms with Crippen molar-refractivity contribution in [2.45, 2.75) is 78.7 Å². The lowest BCUT2D eigenvalue weighted by Gasteiger charge is -2.28. The molecule has 0 saturated heterocycles. The van der Waals surface area contributed by atoms with E-state index in [1.54, 1.807) is 17.3 Å². The molecule has 3 rings (SSSR count). The number of phenols is 1. The maximum Gasteiger partial charge on any atom is 0.322 e. The van der Waals surface area contributed by atoms with Gasteiger partial charge in [-0.25, -0.2) is 4.79 Å². The number of pyridine rings is 1. The Balaban J connectivity index is 1.80. The minimum Gasteiger partial charge on any atom is -0.507 e. The molecular weight excluding hydrogens is 446 g/mol. The molecule has 36 heavy (non-hydrogen) atoms. The van der Waals surface area contributed by atoms with E-state index in [4.69, 9.17) is 0 Å². The summed E-state index contributed by atoms with van der Waals surface area (Å²) in [4.78, 5) is 18.9. The number of benzene rings is 2. The largest absolute Gasteiger partial charge is 0.507 e. The number of aryl methyl sites for hydroxylation is 2. The van der Waals surface area contributed by atoms with Crippen LogP contribution in [0.25, 0.3) is 0 Å². The van der Waals surface area contributed by atoms with Gasteiger partial charge in [0.2, 0.25) is 0 Å². The van der Waals surface area contributed by atoms with Gasteiger partial charge in [-0.3, -0.25) is 4.98 Å². The van der Waals surface area contributed by atoms with Gasteiger partial charge in [-0.2, -0.15) is 0 Å². The van der Waals surface area contributed by atoms with E-state index in [9.17, 15) is 9.90 Å². The Bertz CT molecular complexity index is 1140. The Morgan fingerprint density at radius 1 is 0.889 bits per heavy atom. The number of nitrogens with zero attached hydrogens (tertiary/aromatic N) is 2. The summed E-state index contributed by atoms with van der Waals surface area (Å²) in [7, 11) is 0. The highest BCUT2D eigenvalue weighted by atomic mass is 16.3. The topological polar surface area (TPSA) is 65.5 Å². The van der Waals surface area contributed by atoms with Crippen LogP contribution in [0.3, 0.4) is 0 Å². The van der Waals surface area contributed by atoms with Crippen molar-refractivity contribution >= 4 is 11.7 Å². The summed E-state index contributed by atoms with van der Waals surface area (Å²) in [5.41, 5.74) is 5.79. The summed E-state index contributed by atoms with van der Waals surface area (Å²) >= 11 is 0. The second kappa shape index (κ2) is 11.2. The Kier molecular flexibility index (Phi) is 8.44. The maximum absolute atomic E-state index is 13.1. The molecule has 0 radical (unpaired) electrons. The van der Waals surface area contributed by atoms with Crippen LogP contribution in [0.2, 0.25) is 0 Å². The van der Waals surface area contributed by atoms with Crippen molar-refractivity contribution in [3.05, 3.63) is 88.7 Å². The van der Waals surface area contributed by atoms with Crippen molar-refractivity contribution in [1.82, 2.24) is 9.88 Å². The molecule has 0 aliphatic carbocycles. The van der Waals surface area contributed by atoms with Gasteiger partial charge in [0, 0.05) is 31.2 Å². The van der Waals surface area contributed by atoms with Crippen LogP contribution in [0.1, 0.15) is 76.3 Å². The van der Waals surface area contributed by atoms with Crippen molar-refractivity contribution in [2.24, 2.45) is 0 Å². The molecule has 192 valence electrons. The van der Waals surface area contributed by atoms with E-state index >= 15 is 0 Å². The summed E-state index contributed by atoms with van der Waals surface area (Å²) in [6, 6.07) is 16.0. The lowest BCUT2D eigenvalue weighted by molar-refractivity contribution is 0.212. The molecule has 0 unspecified atom stereocenters. The highest BCUT2D eigenvalue weighted by molar-refractivity contribution is 5.90. The average Bonchev–Trinajstić information content (AvgIpc) is 2.81. The molecule has 0 atom stereocenters. The number of carbonyl (C=O) groups is 1. The van der Waals surface area contributed by atoms with E-state index in [0.29, 0.717) is 18.8 Å². The molecule has 0 bridgehead atoms. The van der Waals surface area contributed by atoms with Crippen molar-refractivity contribution in [3.63, 3.8) is 0 Å². The van der Waals surface area contributed by atoms with Crippen LogP contribution in [0, 0.1) is 0 Å². The summed E-state index contributed by atoms with van der Waals surface area (Å²) in [6.07, 6.45) is 5.09. The Hall–Kier alpha value is -3.34. The zero-order chi connectivity index (χ0) is 26.5. The standard InChI is InChI=1S/C31H41N3O2/c1-8-34(21-22-15-17-32-18-16-22)29(36)33-27-12-10-9-11-24(27)14-13-23-19-25(30(2,3)4)28(35)26(20-23)31(5,6)7/h9-12,15-20,35H,8,13-14,21H2,1-7H3,(H,33,36). The van der Waals surface area contributed by atoms with Crippen LogP contribution < -0.4 is 5.32 Å². The minimum absolute atomic E-state index is 0.114. The number of urea groups is 1. The molecule has 3 aromatic rings. The number of nitrogens with one attached hydrogen (secondary N) is 1. The molecule has 0 saturated carbocycles. The van der Waals surface area contributed by atoms with Crippen LogP contribution in [0.5, 0.6) is 5.75 Å². The number of amides is 2. The van der Waals surface area contributed by atoms with Gasteiger partial charge in [0.1, 0.15) is 5.75 Å². The third kappa shape index (κ3) is 6.87. The van der Waals surface area contributed by atoms with Crippen molar-refractivity contribution < 1.29 is 9.90 Å². The first-order valence-electron chi connectivity index (χ1n) is 12.8. The molecule has 5 nitrogen and oxygen atoms in total. The Morgan fingerprint density at radius 2 is 1.47 bits per heavy atom. The monoisotopic (exact) mass is 487 g/mol. The Labute approximate surface area is 216 Å². The average molecular weight is 488 g/mol. The van der Waals surface area contributed by atoms with E-state index in [1.165, 1.54) is 5.56 Å². The van der Waals surface area contributed by atoms with Crippen molar-refractivity contribution in [1.29, 1.82) is 0 Å². The molecule has 1 heterocycles. The fourth-order valence-corrected chi connectivity index (χ4v) is 4.35. The van der Waals surface area contributed by atoms with Gasteiger partial charge in [-0.15, -0.1) is 0 Å². The van der Waals surface area contributed by atoms with Crippen LogP contribution in [0.15, 0.2) is 60.9 Å². The summed E-state index contributed by atoms with van der Waals surface area (Å²) < 4.78 is 0. The minimum atomic E-state index is -0.162. The van der Waals surface area contributed by atoms with Crippen LogP contribution in [0.4, 0.5) is 10.5 Å². The van der Waals surface area contributed by atoms with Gasteiger partial charge in [0.15, 0.2) is 0 Å². The molecule has 2 amide bonds. The molecule has 0 spiro atoms. The second-order valence-electron chi connectivity index (χ2n) is 11.5. The van der Waals surface area contributed by atoms with Crippen molar-refractivity contribution in [2.75, 3.05) is 11.9 Å². The first-order chi connectivity index (χ1) is 16.9. The summed E-state index contributed by atoms with van der Waals surface area (Å²) in [6.45, 7) is 15.9. The normalized spacial score (nSPS) is 11.9. The number of para-hydroxylation sites is 1. The first-order valence-corrected chi connectivity index (χ1v) is 12.8. The van der Waals surface area contributed by atoms with Gasteiger partial charge in [0.05, 0.1) is 0 Å². The van der Waals surface area contributed by atoms with Gasteiger partial charge in [-0.1, -0.05) is 71.9 Å². The van der Waals surface area contributed by atoms with E-state index < -0.39 is 0 Å². The highest BCUT2D eigenvalue weighted by Crippen LogP contribution is 2.40. The number of hydrogen-bond donors (Lipinski definition) is 2. The molecular formula is C31H41N3O2. The molecule has 0 aliphatic rings. The number of phenolic OH excluding ortho intramolecular Hbond substituents is 1. The molecule has 2 N–H and O–H groups in total. The van der Waals surface area contributed by atoms with Gasteiger partial charge < -0.3 is 15.3 Å². The fraction of sp³-hybridized carbons (Fsp3) is 0.419. The second-order valence-corrected chi connectivity index (χ2v) is 11.5. The van der Waals surface area contributed by atoms with E-state index in [0.717, 1.165) is 40.8 Å². The lowest BCUT2D eigenvalue weighted by Crippen LogP contribution is -2.34. The molecule has 2 aromatic carbocycles. The molecule has 0 aliphatic heterocycles. The Morgan fingerprint density at radius 3 is 2.03 bits per heavy atom. The predicted molar refractivity (Wildman–Crippen MR) is 149 cm³/mol. The first kappa shape index (κ1) is 27.3. The molecule has 1 aromatic heterocycles.